The molecule has 0 amide bonds. The van der Waals surface area contributed by atoms with Crippen LogP contribution in [0.2, 0.25) is 0 Å². The van der Waals surface area contributed by atoms with Gasteiger partial charge in [-0.05, 0) is 26.7 Å². The van der Waals surface area contributed by atoms with E-state index in [2.05, 4.69) is 12.2 Å². The lowest BCUT2D eigenvalue weighted by molar-refractivity contribution is -0.148. The van der Waals surface area contributed by atoms with E-state index >= 15 is 0 Å². The highest BCUT2D eigenvalue weighted by atomic mass is 16.6. The van der Waals surface area contributed by atoms with Gasteiger partial charge in [0.15, 0.2) is 0 Å². The third kappa shape index (κ3) is 6.61. The van der Waals surface area contributed by atoms with E-state index in [1.807, 2.05) is 0 Å². The van der Waals surface area contributed by atoms with Crippen molar-refractivity contribution >= 4 is 5.97 Å². The largest absolute Gasteiger partial charge is 0.464 e. The zero-order valence-corrected chi connectivity index (χ0v) is 10.7. The summed E-state index contributed by atoms with van der Waals surface area (Å²) in [5.41, 5.74) is 0. The standard InChI is InChI=1S/C12H23NO4/c1-3-16-12(14)9-15-7-5-13-11-4-6-17-10(2)8-11/h10-11,13H,3-9H2,1-2H3. The van der Waals surface area contributed by atoms with Gasteiger partial charge >= 0.3 is 5.97 Å². The molecule has 0 radical (unpaired) electrons. The summed E-state index contributed by atoms with van der Waals surface area (Å²) in [5.74, 6) is -0.299. The smallest absolute Gasteiger partial charge is 0.332 e. The van der Waals surface area contributed by atoms with Gasteiger partial charge in [0, 0.05) is 19.2 Å². The number of esters is 1. The lowest BCUT2D eigenvalue weighted by Crippen LogP contribution is -2.39. The lowest BCUT2D eigenvalue weighted by Gasteiger charge is -2.28. The minimum absolute atomic E-state index is 0.0414. The van der Waals surface area contributed by atoms with Crippen LogP contribution < -0.4 is 5.32 Å². The summed E-state index contributed by atoms with van der Waals surface area (Å²) < 4.78 is 15.4. The fraction of sp³-hybridized carbons (Fsp3) is 0.917. The lowest BCUT2D eigenvalue weighted by atomic mass is 10.0. The minimum Gasteiger partial charge on any atom is -0.464 e. The van der Waals surface area contributed by atoms with Crippen LogP contribution in [0.15, 0.2) is 0 Å². The molecule has 1 aliphatic heterocycles. The number of nitrogens with one attached hydrogen (secondary N) is 1. The number of hydrogen-bond donors (Lipinski definition) is 1. The number of hydrogen-bond acceptors (Lipinski definition) is 5. The summed E-state index contributed by atoms with van der Waals surface area (Å²) >= 11 is 0. The van der Waals surface area contributed by atoms with Crippen LogP contribution in [0.4, 0.5) is 0 Å². The van der Waals surface area contributed by atoms with Crippen molar-refractivity contribution in [3.05, 3.63) is 0 Å². The maximum absolute atomic E-state index is 11.0. The Hall–Kier alpha value is -0.650. The Balaban J connectivity index is 1.95. The molecule has 2 unspecified atom stereocenters. The van der Waals surface area contributed by atoms with Crippen LogP contribution in [0.3, 0.4) is 0 Å². The van der Waals surface area contributed by atoms with Gasteiger partial charge in [-0.25, -0.2) is 4.79 Å². The maximum Gasteiger partial charge on any atom is 0.332 e. The SMILES string of the molecule is CCOC(=O)COCCNC1CCOC(C)C1. The third-order valence-electron chi connectivity index (χ3n) is 2.69. The fourth-order valence-electron chi connectivity index (χ4n) is 1.88. The van der Waals surface area contributed by atoms with Crippen LogP contribution in [0, 0.1) is 0 Å². The molecular weight excluding hydrogens is 222 g/mol. The number of ether oxygens (including phenoxy) is 3. The zero-order valence-electron chi connectivity index (χ0n) is 10.7. The van der Waals surface area contributed by atoms with Crippen LogP contribution in [-0.2, 0) is 19.0 Å². The summed E-state index contributed by atoms with van der Waals surface area (Å²) in [6.45, 7) is 6.43. The first-order valence-electron chi connectivity index (χ1n) is 6.30. The molecule has 2 atom stereocenters. The van der Waals surface area contributed by atoms with E-state index in [-0.39, 0.29) is 12.6 Å². The first-order valence-corrected chi connectivity index (χ1v) is 6.30. The van der Waals surface area contributed by atoms with Gasteiger partial charge in [0.1, 0.15) is 6.61 Å². The second kappa shape index (κ2) is 8.44. The summed E-state index contributed by atoms with van der Waals surface area (Å²) in [6, 6.07) is 0.505. The monoisotopic (exact) mass is 245 g/mol. The molecule has 5 nitrogen and oxygen atoms in total. The summed E-state index contributed by atoms with van der Waals surface area (Å²) in [4.78, 5) is 11.0. The molecule has 100 valence electrons. The van der Waals surface area contributed by atoms with Crippen molar-refractivity contribution in [1.29, 1.82) is 0 Å². The van der Waals surface area contributed by atoms with E-state index < -0.39 is 0 Å². The zero-order chi connectivity index (χ0) is 12.5. The first kappa shape index (κ1) is 14.4. The normalized spacial score (nSPS) is 24.6. The molecule has 1 rings (SSSR count). The molecule has 1 N–H and O–H groups in total. The topological polar surface area (TPSA) is 56.8 Å². The Kier molecular flexibility index (Phi) is 7.16. The molecule has 0 aromatic carbocycles. The Morgan fingerprint density at radius 1 is 1.53 bits per heavy atom. The number of carbonyl (C=O) groups is 1. The molecule has 0 spiro atoms. The molecule has 1 fully saturated rings. The van der Waals surface area contributed by atoms with E-state index in [0.29, 0.717) is 25.4 Å². The second-order valence-electron chi connectivity index (χ2n) is 4.21. The van der Waals surface area contributed by atoms with E-state index in [1.165, 1.54) is 0 Å². The molecule has 1 saturated heterocycles. The number of carbonyl (C=O) groups excluding carboxylic acids is 1. The van der Waals surface area contributed by atoms with Gasteiger partial charge in [-0.15, -0.1) is 0 Å². The Labute approximate surface area is 103 Å². The summed E-state index contributed by atoms with van der Waals surface area (Å²) in [5, 5.41) is 3.40. The molecule has 1 heterocycles. The van der Waals surface area contributed by atoms with Gasteiger partial charge in [-0.1, -0.05) is 0 Å². The molecule has 0 saturated carbocycles. The predicted octanol–water partition coefficient (Wildman–Crippen LogP) is 0.723. The van der Waals surface area contributed by atoms with Crippen molar-refractivity contribution in [2.75, 3.05) is 33.0 Å². The van der Waals surface area contributed by atoms with Crippen LogP contribution in [0.1, 0.15) is 26.7 Å². The van der Waals surface area contributed by atoms with E-state index in [9.17, 15) is 4.79 Å². The van der Waals surface area contributed by atoms with Crippen LogP contribution in [-0.4, -0.2) is 51.1 Å². The van der Waals surface area contributed by atoms with Gasteiger partial charge in [-0.2, -0.15) is 0 Å². The highest BCUT2D eigenvalue weighted by molar-refractivity contribution is 5.70. The van der Waals surface area contributed by atoms with Crippen LogP contribution in [0.5, 0.6) is 0 Å². The van der Waals surface area contributed by atoms with Gasteiger partial charge in [0.25, 0.3) is 0 Å². The summed E-state index contributed by atoms with van der Waals surface area (Å²) in [6.07, 6.45) is 2.42. The van der Waals surface area contributed by atoms with Crippen molar-refractivity contribution in [3.8, 4) is 0 Å². The predicted molar refractivity (Wildman–Crippen MR) is 63.9 cm³/mol. The van der Waals surface area contributed by atoms with Crippen molar-refractivity contribution in [1.82, 2.24) is 5.32 Å². The maximum atomic E-state index is 11.0. The highest BCUT2D eigenvalue weighted by Gasteiger charge is 2.18. The van der Waals surface area contributed by atoms with Crippen molar-refractivity contribution < 1.29 is 19.0 Å². The Bertz CT molecular complexity index is 223. The van der Waals surface area contributed by atoms with Gasteiger partial charge in [0.05, 0.1) is 19.3 Å². The van der Waals surface area contributed by atoms with Gasteiger partial charge < -0.3 is 19.5 Å². The minimum atomic E-state index is -0.299. The van der Waals surface area contributed by atoms with E-state index in [0.717, 1.165) is 26.0 Å². The van der Waals surface area contributed by atoms with Crippen LogP contribution >= 0.6 is 0 Å². The van der Waals surface area contributed by atoms with Crippen molar-refractivity contribution in [3.63, 3.8) is 0 Å². The van der Waals surface area contributed by atoms with Gasteiger partial charge in [0.2, 0.25) is 0 Å². The van der Waals surface area contributed by atoms with E-state index in [4.69, 9.17) is 14.2 Å². The molecular formula is C12H23NO4. The summed E-state index contributed by atoms with van der Waals surface area (Å²) in [7, 11) is 0. The first-order chi connectivity index (χ1) is 8.22. The quantitative estimate of drug-likeness (QED) is 0.529. The van der Waals surface area contributed by atoms with E-state index in [1.54, 1.807) is 6.92 Å². The van der Waals surface area contributed by atoms with Gasteiger partial charge in [-0.3, -0.25) is 0 Å². The highest BCUT2D eigenvalue weighted by Crippen LogP contribution is 2.12. The molecule has 0 aliphatic carbocycles. The molecule has 0 aromatic rings. The Morgan fingerprint density at radius 2 is 2.35 bits per heavy atom. The van der Waals surface area contributed by atoms with Crippen molar-refractivity contribution in [2.45, 2.75) is 38.8 Å². The molecule has 17 heavy (non-hydrogen) atoms. The fourth-order valence-corrected chi connectivity index (χ4v) is 1.88. The molecule has 0 aromatic heterocycles. The molecule has 1 aliphatic rings. The average Bonchev–Trinajstić information content (AvgIpc) is 2.29. The van der Waals surface area contributed by atoms with Crippen molar-refractivity contribution in [2.24, 2.45) is 0 Å². The molecule has 5 heteroatoms. The average molecular weight is 245 g/mol. The second-order valence-corrected chi connectivity index (χ2v) is 4.21. The number of rotatable bonds is 7. The molecule has 0 bridgehead atoms. The van der Waals surface area contributed by atoms with Crippen LogP contribution in [0.25, 0.3) is 0 Å². The Morgan fingerprint density at radius 3 is 3.06 bits per heavy atom. The third-order valence-corrected chi connectivity index (χ3v) is 2.69.